The third-order valence-electron chi connectivity index (χ3n) is 4.45. The summed E-state index contributed by atoms with van der Waals surface area (Å²) in [5, 5.41) is 3.45. The number of rotatable bonds is 10. The number of aryl methyl sites for hydroxylation is 1. The lowest BCUT2D eigenvalue weighted by molar-refractivity contribution is -0.121. The average molecular weight is 397 g/mol. The van der Waals surface area contributed by atoms with Crippen molar-refractivity contribution in [2.24, 2.45) is 0 Å². The molecule has 7 heteroatoms. The fourth-order valence-corrected chi connectivity index (χ4v) is 2.93. The summed E-state index contributed by atoms with van der Waals surface area (Å²) in [5.41, 5.74) is 0.511. The van der Waals surface area contributed by atoms with Crippen molar-refractivity contribution >= 4 is 16.8 Å². The zero-order chi connectivity index (χ0) is 20.5. The smallest absolute Gasteiger partial charge is 0.258 e. The number of hydrogen-bond donors (Lipinski definition) is 2. The standard InChI is InChI=1S/C22H24FN3O3/c23-16-10-12-17(13-11-16)29-15-4-3-14-24-21(27)9-5-8-20-25-19-7-2-1-6-18(19)22(28)26-20/h1-2,6-7,10-13H,3-5,8-9,14-15H2,(H,24,27)(H,25,26,28). The number of nitrogens with zero attached hydrogens (tertiary/aromatic N) is 1. The van der Waals surface area contributed by atoms with Crippen molar-refractivity contribution in [2.75, 3.05) is 13.2 Å². The van der Waals surface area contributed by atoms with Gasteiger partial charge in [-0.25, -0.2) is 9.37 Å². The van der Waals surface area contributed by atoms with Crippen molar-refractivity contribution in [1.82, 2.24) is 15.3 Å². The van der Waals surface area contributed by atoms with Gasteiger partial charge in [-0.15, -0.1) is 0 Å². The molecule has 152 valence electrons. The Morgan fingerprint density at radius 3 is 2.69 bits per heavy atom. The summed E-state index contributed by atoms with van der Waals surface area (Å²) in [6.45, 7) is 1.10. The van der Waals surface area contributed by atoms with Crippen LogP contribution in [0.25, 0.3) is 10.9 Å². The molecule has 0 spiro atoms. The van der Waals surface area contributed by atoms with Gasteiger partial charge in [-0.05, 0) is 55.7 Å². The Balaban J connectivity index is 1.29. The first-order valence-electron chi connectivity index (χ1n) is 9.75. The van der Waals surface area contributed by atoms with E-state index in [0.29, 0.717) is 54.9 Å². The number of ether oxygens (including phenoxy) is 1. The monoisotopic (exact) mass is 397 g/mol. The molecule has 0 bridgehead atoms. The lowest BCUT2D eigenvalue weighted by atomic mass is 10.2. The van der Waals surface area contributed by atoms with Crippen LogP contribution in [-0.4, -0.2) is 29.0 Å². The summed E-state index contributed by atoms with van der Waals surface area (Å²) < 4.78 is 18.3. The Labute approximate surface area is 168 Å². The van der Waals surface area contributed by atoms with Crippen LogP contribution in [0.1, 0.15) is 31.5 Å². The third-order valence-corrected chi connectivity index (χ3v) is 4.45. The molecule has 3 rings (SSSR count). The Morgan fingerprint density at radius 1 is 1.07 bits per heavy atom. The summed E-state index contributed by atoms with van der Waals surface area (Å²) >= 11 is 0. The second-order valence-corrected chi connectivity index (χ2v) is 6.74. The summed E-state index contributed by atoms with van der Waals surface area (Å²) in [6, 6.07) is 13.1. The second kappa shape index (κ2) is 10.4. The van der Waals surface area contributed by atoms with Crippen LogP contribution in [0.4, 0.5) is 4.39 Å². The first-order valence-corrected chi connectivity index (χ1v) is 9.75. The van der Waals surface area contributed by atoms with Crippen molar-refractivity contribution in [3.8, 4) is 5.75 Å². The third kappa shape index (κ3) is 6.41. The van der Waals surface area contributed by atoms with Gasteiger partial charge in [0.1, 0.15) is 17.4 Å². The highest BCUT2D eigenvalue weighted by molar-refractivity contribution is 5.77. The first kappa shape index (κ1) is 20.5. The van der Waals surface area contributed by atoms with E-state index in [-0.39, 0.29) is 17.3 Å². The number of hydrogen-bond acceptors (Lipinski definition) is 4. The molecule has 0 aliphatic rings. The molecule has 0 atom stereocenters. The maximum Gasteiger partial charge on any atom is 0.258 e. The molecule has 0 unspecified atom stereocenters. The summed E-state index contributed by atoms with van der Waals surface area (Å²) in [6.07, 6.45) is 3.12. The van der Waals surface area contributed by atoms with Crippen molar-refractivity contribution in [2.45, 2.75) is 32.1 Å². The fraction of sp³-hybridized carbons (Fsp3) is 0.318. The molecule has 0 fully saturated rings. The Kier molecular flexibility index (Phi) is 7.33. The van der Waals surface area contributed by atoms with Gasteiger partial charge in [0, 0.05) is 19.4 Å². The Hall–Kier alpha value is -3.22. The maximum absolute atomic E-state index is 12.8. The van der Waals surface area contributed by atoms with Gasteiger partial charge in [0.15, 0.2) is 0 Å². The molecule has 29 heavy (non-hydrogen) atoms. The number of nitrogens with one attached hydrogen (secondary N) is 2. The molecule has 6 nitrogen and oxygen atoms in total. The van der Waals surface area contributed by atoms with Crippen molar-refractivity contribution in [3.05, 3.63) is 70.5 Å². The number of para-hydroxylation sites is 1. The molecule has 2 N–H and O–H groups in total. The molecule has 0 saturated carbocycles. The topological polar surface area (TPSA) is 84.1 Å². The van der Waals surface area contributed by atoms with Gasteiger partial charge in [-0.1, -0.05) is 12.1 Å². The first-order chi connectivity index (χ1) is 14.1. The van der Waals surface area contributed by atoms with E-state index in [0.717, 1.165) is 12.8 Å². The maximum atomic E-state index is 12.8. The number of amides is 1. The summed E-state index contributed by atoms with van der Waals surface area (Å²) in [4.78, 5) is 31.2. The molecule has 0 aliphatic carbocycles. The highest BCUT2D eigenvalue weighted by Crippen LogP contribution is 2.11. The number of carbonyl (C=O) groups excluding carboxylic acids is 1. The van der Waals surface area contributed by atoms with Crippen LogP contribution >= 0.6 is 0 Å². The van der Waals surface area contributed by atoms with Crippen LogP contribution in [0.2, 0.25) is 0 Å². The molecule has 0 radical (unpaired) electrons. The number of aromatic nitrogens is 2. The number of aromatic amines is 1. The molecule has 1 amide bonds. The van der Waals surface area contributed by atoms with Gasteiger partial charge >= 0.3 is 0 Å². The molecule has 0 saturated heterocycles. The largest absolute Gasteiger partial charge is 0.494 e. The molecule has 2 aromatic carbocycles. The molecule has 0 aliphatic heterocycles. The second-order valence-electron chi connectivity index (χ2n) is 6.74. The van der Waals surface area contributed by atoms with Gasteiger partial charge in [-0.3, -0.25) is 9.59 Å². The van der Waals surface area contributed by atoms with Gasteiger partial charge in [0.25, 0.3) is 5.56 Å². The predicted octanol–water partition coefficient (Wildman–Crippen LogP) is 3.36. The zero-order valence-electron chi connectivity index (χ0n) is 16.1. The molecule has 1 aromatic heterocycles. The minimum absolute atomic E-state index is 0.0208. The highest BCUT2D eigenvalue weighted by atomic mass is 19.1. The van der Waals surface area contributed by atoms with Crippen LogP contribution in [0.15, 0.2) is 53.3 Å². The van der Waals surface area contributed by atoms with Crippen molar-refractivity contribution in [1.29, 1.82) is 0 Å². The van der Waals surface area contributed by atoms with Crippen LogP contribution in [0.5, 0.6) is 5.75 Å². The van der Waals surface area contributed by atoms with Crippen LogP contribution < -0.4 is 15.6 Å². The van der Waals surface area contributed by atoms with E-state index in [1.165, 1.54) is 12.1 Å². The summed E-state index contributed by atoms with van der Waals surface area (Å²) in [7, 11) is 0. The SMILES string of the molecule is O=C(CCCc1nc2ccccc2c(=O)[nH]1)NCCCCOc1ccc(F)cc1. The summed E-state index contributed by atoms with van der Waals surface area (Å²) in [5.74, 6) is 0.922. The molecular weight excluding hydrogens is 373 g/mol. The van der Waals surface area contributed by atoms with Gasteiger partial charge in [0.05, 0.1) is 17.5 Å². The van der Waals surface area contributed by atoms with Gasteiger partial charge < -0.3 is 15.0 Å². The number of halogens is 1. The molecule has 3 aromatic rings. The van der Waals surface area contributed by atoms with Crippen molar-refractivity contribution in [3.63, 3.8) is 0 Å². The molecular formula is C22H24FN3O3. The van der Waals surface area contributed by atoms with Crippen LogP contribution in [0.3, 0.4) is 0 Å². The van der Waals surface area contributed by atoms with E-state index in [9.17, 15) is 14.0 Å². The normalized spacial score (nSPS) is 10.8. The lowest BCUT2D eigenvalue weighted by Crippen LogP contribution is -2.24. The number of H-pyrrole nitrogens is 1. The van der Waals surface area contributed by atoms with Gasteiger partial charge in [0.2, 0.25) is 5.91 Å². The van der Waals surface area contributed by atoms with Crippen molar-refractivity contribution < 1.29 is 13.9 Å². The van der Waals surface area contributed by atoms with E-state index in [4.69, 9.17) is 4.74 Å². The highest BCUT2D eigenvalue weighted by Gasteiger charge is 2.05. The number of fused-ring (bicyclic) bond motifs is 1. The minimum atomic E-state index is -0.289. The molecule has 1 heterocycles. The minimum Gasteiger partial charge on any atom is -0.494 e. The van der Waals surface area contributed by atoms with E-state index in [1.807, 2.05) is 6.07 Å². The number of carbonyl (C=O) groups is 1. The van der Waals surface area contributed by atoms with Crippen LogP contribution in [0, 0.1) is 5.82 Å². The van der Waals surface area contributed by atoms with E-state index < -0.39 is 0 Å². The average Bonchev–Trinajstić information content (AvgIpc) is 2.72. The van der Waals surface area contributed by atoms with E-state index in [2.05, 4.69) is 15.3 Å². The quantitative estimate of drug-likeness (QED) is 0.514. The number of benzene rings is 2. The lowest BCUT2D eigenvalue weighted by Gasteiger charge is -2.07. The van der Waals surface area contributed by atoms with Gasteiger partial charge in [-0.2, -0.15) is 0 Å². The number of unbranched alkanes of at least 4 members (excludes halogenated alkanes) is 1. The van der Waals surface area contributed by atoms with Crippen LogP contribution in [-0.2, 0) is 11.2 Å². The van der Waals surface area contributed by atoms with E-state index in [1.54, 1.807) is 30.3 Å². The zero-order valence-corrected chi connectivity index (χ0v) is 16.1. The van der Waals surface area contributed by atoms with E-state index >= 15 is 0 Å². The Bertz CT molecular complexity index is 1000. The fourth-order valence-electron chi connectivity index (χ4n) is 2.93. The Morgan fingerprint density at radius 2 is 1.86 bits per heavy atom. The predicted molar refractivity (Wildman–Crippen MR) is 109 cm³/mol.